The highest BCUT2D eigenvalue weighted by molar-refractivity contribution is 7.89. The molecule has 7 heteroatoms. The van der Waals surface area contributed by atoms with Crippen molar-refractivity contribution in [3.63, 3.8) is 0 Å². The summed E-state index contributed by atoms with van der Waals surface area (Å²) in [6, 6.07) is 12.9. The third-order valence-electron chi connectivity index (χ3n) is 5.11. The van der Waals surface area contributed by atoms with E-state index in [-0.39, 0.29) is 29.3 Å². The zero-order valence-corrected chi connectivity index (χ0v) is 16.9. The van der Waals surface area contributed by atoms with Crippen LogP contribution in [0.15, 0.2) is 47.4 Å². The van der Waals surface area contributed by atoms with Gasteiger partial charge in [0.25, 0.3) is 0 Å². The van der Waals surface area contributed by atoms with Crippen molar-refractivity contribution >= 4 is 21.6 Å². The Kier molecular flexibility index (Phi) is 5.37. The highest BCUT2D eigenvalue weighted by Crippen LogP contribution is 2.33. The minimum absolute atomic E-state index is 0.00281. The van der Waals surface area contributed by atoms with Crippen molar-refractivity contribution in [1.82, 2.24) is 4.72 Å². The van der Waals surface area contributed by atoms with Gasteiger partial charge in [0, 0.05) is 11.3 Å². The first kappa shape index (κ1) is 19.5. The number of hydrogen-bond donors (Lipinski definition) is 3. The third-order valence-corrected chi connectivity index (χ3v) is 6.53. The molecule has 0 saturated heterocycles. The molecule has 6 nitrogen and oxygen atoms in total. The normalized spacial score (nSPS) is 17.7. The molecular formula is C20H26N3O3S+. The molecule has 0 saturated carbocycles. The van der Waals surface area contributed by atoms with Crippen LogP contribution in [0.5, 0.6) is 0 Å². The average Bonchev–Trinajstić information content (AvgIpc) is 2.90. The van der Waals surface area contributed by atoms with E-state index in [0.717, 1.165) is 16.0 Å². The van der Waals surface area contributed by atoms with Crippen LogP contribution in [0.1, 0.15) is 35.6 Å². The zero-order valence-electron chi connectivity index (χ0n) is 16.0. The minimum atomic E-state index is -3.67. The first-order valence-electron chi connectivity index (χ1n) is 9.00. The molecule has 1 heterocycles. The fourth-order valence-corrected chi connectivity index (χ4v) is 4.37. The molecule has 144 valence electrons. The van der Waals surface area contributed by atoms with Gasteiger partial charge in [0.1, 0.15) is 6.04 Å². The van der Waals surface area contributed by atoms with Crippen molar-refractivity contribution in [3.05, 3.63) is 59.2 Å². The van der Waals surface area contributed by atoms with E-state index in [0.29, 0.717) is 5.69 Å². The third kappa shape index (κ3) is 4.05. The zero-order chi connectivity index (χ0) is 19.8. The molecule has 3 N–H and O–H groups in total. The number of benzene rings is 2. The second kappa shape index (κ2) is 7.42. The number of sulfonamides is 1. The highest BCUT2D eigenvalue weighted by atomic mass is 32.2. The Morgan fingerprint density at radius 3 is 2.44 bits per heavy atom. The summed E-state index contributed by atoms with van der Waals surface area (Å²) in [6.07, 6.45) is 0. The molecule has 0 radical (unpaired) electrons. The predicted octanol–water partition coefficient (Wildman–Crippen LogP) is 1.21. The van der Waals surface area contributed by atoms with E-state index in [1.165, 1.54) is 11.6 Å². The lowest BCUT2D eigenvalue weighted by molar-refractivity contribution is -0.890. The number of aryl methyl sites for hydroxylation is 1. The maximum atomic E-state index is 12.8. The number of likely N-dealkylation sites (N-methyl/N-ethyl adjacent to an activating group) is 1. The maximum absolute atomic E-state index is 12.8. The first-order chi connectivity index (χ1) is 12.7. The summed E-state index contributed by atoms with van der Waals surface area (Å²) < 4.78 is 28.3. The Hall–Kier alpha value is -2.22. The summed E-state index contributed by atoms with van der Waals surface area (Å²) in [5.74, 6) is -0.454. The molecule has 0 unspecified atom stereocenters. The van der Waals surface area contributed by atoms with Crippen LogP contribution in [0.4, 0.5) is 5.69 Å². The summed E-state index contributed by atoms with van der Waals surface area (Å²) in [7, 11) is 0.344. The predicted molar refractivity (Wildman–Crippen MR) is 105 cm³/mol. The fourth-order valence-electron chi connectivity index (χ4n) is 3.29. The molecule has 0 aliphatic carbocycles. The average molecular weight is 389 g/mol. The van der Waals surface area contributed by atoms with E-state index in [1.807, 2.05) is 45.3 Å². The maximum Gasteiger partial charge on any atom is 0.240 e. The van der Waals surface area contributed by atoms with E-state index >= 15 is 0 Å². The topological polar surface area (TPSA) is 79.7 Å². The molecule has 2 atom stereocenters. The van der Waals surface area contributed by atoms with E-state index in [1.54, 1.807) is 19.1 Å². The SMILES string of the molecule is Cc1ccc([C@H](CNS(=O)(=O)c2ccc3c(c2)[C@H](C)C(=O)N3)[NH+](C)C)cc1. The van der Waals surface area contributed by atoms with Crippen LogP contribution in [-0.2, 0) is 14.8 Å². The van der Waals surface area contributed by atoms with Crippen LogP contribution in [0.25, 0.3) is 0 Å². The van der Waals surface area contributed by atoms with Crippen LogP contribution in [0.3, 0.4) is 0 Å². The van der Waals surface area contributed by atoms with Gasteiger partial charge in [-0.25, -0.2) is 13.1 Å². The number of fused-ring (bicyclic) bond motifs is 1. The van der Waals surface area contributed by atoms with E-state index in [2.05, 4.69) is 10.0 Å². The van der Waals surface area contributed by atoms with Crippen molar-refractivity contribution in [3.8, 4) is 0 Å². The summed E-state index contributed by atoms with van der Waals surface area (Å²) in [6.45, 7) is 4.09. The number of rotatable bonds is 6. The number of quaternary nitrogens is 1. The van der Waals surface area contributed by atoms with E-state index in [4.69, 9.17) is 0 Å². The second-order valence-corrected chi connectivity index (χ2v) is 9.12. The summed E-state index contributed by atoms with van der Waals surface area (Å²) in [4.78, 5) is 13.1. The number of carbonyl (C=O) groups excluding carboxylic acids is 1. The number of hydrogen-bond acceptors (Lipinski definition) is 3. The number of anilines is 1. The summed E-state index contributed by atoms with van der Waals surface area (Å²) in [5, 5.41) is 2.76. The van der Waals surface area contributed by atoms with Crippen LogP contribution in [-0.4, -0.2) is 35.0 Å². The standard InChI is InChI=1S/C20H25N3O3S/c1-13-5-7-15(8-6-13)19(23(3)4)12-21-27(25,26)16-9-10-18-17(11-16)14(2)20(24)22-18/h5-11,14,19,21H,12H2,1-4H3,(H,22,24)/p+1/t14-,19-/m0/s1. The van der Waals surface area contributed by atoms with Crippen LogP contribution in [0.2, 0.25) is 0 Å². The second-order valence-electron chi connectivity index (χ2n) is 7.35. The molecule has 0 bridgehead atoms. The Morgan fingerprint density at radius 1 is 1.15 bits per heavy atom. The van der Waals surface area contributed by atoms with Crippen molar-refractivity contribution in [1.29, 1.82) is 0 Å². The van der Waals surface area contributed by atoms with Gasteiger partial charge < -0.3 is 10.2 Å². The van der Waals surface area contributed by atoms with E-state index < -0.39 is 10.0 Å². The Bertz CT molecular complexity index is 953. The van der Waals surface area contributed by atoms with Gasteiger partial charge in [-0.3, -0.25) is 4.79 Å². The lowest BCUT2D eigenvalue weighted by Gasteiger charge is -2.22. The molecule has 0 aromatic heterocycles. The van der Waals surface area contributed by atoms with Crippen molar-refractivity contribution in [2.75, 3.05) is 26.0 Å². The van der Waals surface area contributed by atoms with Gasteiger partial charge in [0.2, 0.25) is 15.9 Å². The fraction of sp³-hybridized carbons (Fsp3) is 0.350. The van der Waals surface area contributed by atoms with Gasteiger partial charge in [-0.2, -0.15) is 0 Å². The van der Waals surface area contributed by atoms with Gasteiger partial charge in [-0.05, 0) is 37.6 Å². The van der Waals surface area contributed by atoms with Crippen LogP contribution in [0, 0.1) is 6.92 Å². The number of amides is 1. The Labute approximate surface area is 160 Å². The minimum Gasteiger partial charge on any atom is -0.333 e. The lowest BCUT2D eigenvalue weighted by Crippen LogP contribution is -3.07. The molecule has 1 aliphatic heterocycles. The van der Waals surface area contributed by atoms with E-state index in [9.17, 15) is 13.2 Å². The van der Waals surface area contributed by atoms with Gasteiger partial charge in [0.15, 0.2) is 0 Å². The molecular weight excluding hydrogens is 362 g/mol. The summed E-state index contributed by atoms with van der Waals surface area (Å²) in [5.41, 5.74) is 3.65. The number of nitrogens with one attached hydrogen (secondary N) is 3. The Balaban J connectivity index is 1.80. The van der Waals surface area contributed by atoms with Crippen molar-refractivity contribution in [2.24, 2.45) is 0 Å². The molecule has 0 fully saturated rings. The molecule has 3 rings (SSSR count). The van der Waals surface area contributed by atoms with Crippen molar-refractivity contribution < 1.29 is 18.1 Å². The van der Waals surface area contributed by atoms with Gasteiger partial charge in [-0.1, -0.05) is 29.8 Å². The molecule has 2 aromatic carbocycles. The van der Waals surface area contributed by atoms with Gasteiger partial charge in [0.05, 0.1) is 31.5 Å². The lowest BCUT2D eigenvalue weighted by atomic mass is 10.0. The van der Waals surface area contributed by atoms with Gasteiger partial charge >= 0.3 is 0 Å². The molecule has 1 amide bonds. The molecule has 27 heavy (non-hydrogen) atoms. The summed E-state index contributed by atoms with van der Waals surface area (Å²) >= 11 is 0. The smallest absolute Gasteiger partial charge is 0.240 e. The Morgan fingerprint density at radius 2 is 1.81 bits per heavy atom. The quantitative estimate of drug-likeness (QED) is 0.696. The van der Waals surface area contributed by atoms with Crippen molar-refractivity contribution in [2.45, 2.75) is 30.7 Å². The van der Waals surface area contributed by atoms with Crippen LogP contribution >= 0.6 is 0 Å². The van der Waals surface area contributed by atoms with Gasteiger partial charge in [-0.15, -0.1) is 0 Å². The number of carbonyl (C=O) groups is 1. The first-order valence-corrected chi connectivity index (χ1v) is 10.5. The monoisotopic (exact) mass is 388 g/mol. The van der Waals surface area contributed by atoms with Crippen LogP contribution < -0.4 is 14.9 Å². The molecule has 1 aliphatic rings. The molecule has 0 spiro atoms. The molecule has 2 aromatic rings. The largest absolute Gasteiger partial charge is 0.333 e. The highest BCUT2D eigenvalue weighted by Gasteiger charge is 2.29.